The molecule has 0 saturated carbocycles. The predicted octanol–water partition coefficient (Wildman–Crippen LogP) is 1.63. The highest BCUT2D eigenvalue weighted by Gasteiger charge is 2.14. The van der Waals surface area contributed by atoms with Crippen LogP contribution in [0.2, 0.25) is 5.02 Å². The van der Waals surface area contributed by atoms with Gasteiger partial charge >= 0.3 is 0 Å². The van der Waals surface area contributed by atoms with Crippen LogP contribution in [0.3, 0.4) is 0 Å². The fourth-order valence-electron chi connectivity index (χ4n) is 1.52. The topological polar surface area (TPSA) is 102 Å². The van der Waals surface area contributed by atoms with E-state index in [1.54, 1.807) is 12.1 Å². The van der Waals surface area contributed by atoms with Crippen LogP contribution < -0.4 is 10.5 Å². The Morgan fingerprint density at radius 2 is 1.85 bits per heavy atom. The molecule has 6 nitrogen and oxygen atoms in total. The number of sulfonamides is 1. The summed E-state index contributed by atoms with van der Waals surface area (Å²) in [6.45, 7) is 0. The third-order valence-corrected chi connectivity index (χ3v) is 3.83. The maximum absolute atomic E-state index is 11.9. The number of rotatable bonds is 3. The SMILES string of the molecule is NS(=O)(=O)c1ccc(NC(=O)c2ccncc2)cc1Cl. The number of nitrogens with two attached hydrogens (primary N) is 1. The molecular formula is C12H10ClN3O3S. The van der Waals surface area contributed by atoms with Gasteiger partial charge in [-0.05, 0) is 30.3 Å². The first-order chi connectivity index (χ1) is 9.38. The number of amides is 1. The van der Waals surface area contributed by atoms with Gasteiger partial charge in [-0.3, -0.25) is 9.78 Å². The molecular weight excluding hydrogens is 302 g/mol. The molecule has 0 aliphatic rings. The van der Waals surface area contributed by atoms with Gasteiger partial charge in [0, 0.05) is 23.6 Å². The van der Waals surface area contributed by atoms with Gasteiger partial charge in [-0.1, -0.05) is 11.6 Å². The summed E-state index contributed by atoms with van der Waals surface area (Å²) in [5.74, 6) is -0.355. The number of hydrogen-bond donors (Lipinski definition) is 2. The molecule has 20 heavy (non-hydrogen) atoms. The maximum atomic E-state index is 11.9. The van der Waals surface area contributed by atoms with E-state index < -0.39 is 10.0 Å². The lowest BCUT2D eigenvalue weighted by Gasteiger charge is -2.07. The molecule has 2 rings (SSSR count). The average Bonchev–Trinajstić information content (AvgIpc) is 2.38. The van der Waals surface area contributed by atoms with E-state index in [1.807, 2.05) is 0 Å². The summed E-state index contributed by atoms with van der Waals surface area (Å²) in [6.07, 6.45) is 2.98. The first kappa shape index (κ1) is 14.4. The number of nitrogens with one attached hydrogen (secondary N) is 1. The second-order valence-electron chi connectivity index (χ2n) is 3.88. The monoisotopic (exact) mass is 311 g/mol. The molecule has 0 radical (unpaired) electrons. The Kier molecular flexibility index (Phi) is 4.03. The summed E-state index contributed by atoms with van der Waals surface area (Å²) in [4.78, 5) is 15.5. The standard InChI is InChI=1S/C12H10ClN3O3S/c13-10-7-9(1-2-11(10)20(14,18)19)16-12(17)8-3-5-15-6-4-8/h1-7H,(H,16,17)(H2,14,18,19). The molecule has 3 N–H and O–H groups in total. The van der Waals surface area contributed by atoms with E-state index in [1.165, 1.54) is 30.6 Å². The van der Waals surface area contributed by atoms with Crippen molar-refractivity contribution in [2.24, 2.45) is 5.14 Å². The van der Waals surface area contributed by atoms with Crippen molar-refractivity contribution in [2.45, 2.75) is 4.90 Å². The van der Waals surface area contributed by atoms with E-state index in [2.05, 4.69) is 10.3 Å². The van der Waals surface area contributed by atoms with Crippen LogP contribution in [0.15, 0.2) is 47.6 Å². The first-order valence-electron chi connectivity index (χ1n) is 5.41. The highest BCUT2D eigenvalue weighted by molar-refractivity contribution is 7.89. The van der Waals surface area contributed by atoms with Gasteiger partial charge in [-0.15, -0.1) is 0 Å². The Balaban J connectivity index is 2.24. The van der Waals surface area contributed by atoms with Crippen molar-refractivity contribution in [2.75, 3.05) is 5.32 Å². The Bertz CT molecular complexity index is 748. The van der Waals surface area contributed by atoms with Gasteiger partial charge in [-0.2, -0.15) is 0 Å². The highest BCUT2D eigenvalue weighted by Crippen LogP contribution is 2.24. The number of hydrogen-bond acceptors (Lipinski definition) is 4. The molecule has 8 heteroatoms. The number of carbonyl (C=O) groups excluding carboxylic acids is 1. The van der Waals surface area contributed by atoms with Crippen molar-refractivity contribution >= 4 is 33.2 Å². The number of aromatic nitrogens is 1. The minimum absolute atomic E-state index is 0.0555. The molecule has 0 spiro atoms. The molecule has 104 valence electrons. The van der Waals surface area contributed by atoms with E-state index in [9.17, 15) is 13.2 Å². The zero-order chi connectivity index (χ0) is 14.8. The fraction of sp³-hybridized carbons (Fsp3) is 0. The number of pyridine rings is 1. The maximum Gasteiger partial charge on any atom is 0.255 e. The van der Waals surface area contributed by atoms with E-state index in [4.69, 9.17) is 16.7 Å². The molecule has 0 aliphatic carbocycles. The molecule has 1 heterocycles. The van der Waals surface area contributed by atoms with Crippen LogP contribution in [0, 0.1) is 0 Å². The molecule has 1 aromatic heterocycles. The third-order valence-electron chi connectivity index (χ3n) is 2.44. The van der Waals surface area contributed by atoms with E-state index >= 15 is 0 Å². The average molecular weight is 312 g/mol. The fourth-order valence-corrected chi connectivity index (χ4v) is 2.61. The molecule has 0 atom stereocenters. The summed E-state index contributed by atoms with van der Waals surface area (Å²) in [6, 6.07) is 7.07. The quantitative estimate of drug-likeness (QED) is 0.899. The van der Waals surface area contributed by atoms with Gasteiger partial charge in [0.1, 0.15) is 4.90 Å². The predicted molar refractivity (Wildman–Crippen MR) is 75.0 cm³/mol. The van der Waals surface area contributed by atoms with Gasteiger partial charge in [0.05, 0.1) is 5.02 Å². The molecule has 0 unspecified atom stereocenters. The Morgan fingerprint density at radius 3 is 2.40 bits per heavy atom. The van der Waals surface area contributed by atoms with Crippen LogP contribution in [0.4, 0.5) is 5.69 Å². The number of nitrogens with zero attached hydrogens (tertiary/aromatic N) is 1. The number of primary sulfonamides is 1. The molecule has 1 aromatic carbocycles. The van der Waals surface area contributed by atoms with Gasteiger partial charge < -0.3 is 5.32 Å². The largest absolute Gasteiger partial charge is 0.322 e. The zero-order valence-corrected chi connectivity index (χ0v) is 11.6. The number of benzene rings is 1. The van der Waals surface area contributed by atoms with Crippen molar-refractivity contribution in [3.05, 3.63) is 53.3 Å². The third kappa shape index (κ3) is 3.32. The summed E-state index contributed by atoms with van der Waals surface area (Å²) in [5.41, 5.74) is 0.788. The van der Waals surface area contributed by atoms with E-state index in [0.29, 0.717) is 11.3 Å². The van der Waals surface area contributed by atoms with Crippen LogP contribution in [0.5, 0.6) is 0 Å². The molecule has 0 bridgehead atoms. The number of carbonyl (C=O) groups is 1. The van der Waals surface area contributed by atoms with Gasteiger partial charge in [0.2, 0.25) is 10.0 Å². The number of halogens is 1. The van der Waals surface area contributed by atoms with Crippen LogP contribution in [-0.4, -0.2) is 19.3 Å². The highest BCUT2D eigenvalue weighted by atomic mass is 35.5. The van der Waals surface area contributed by atoms with Crippen LogP contribution >= 0.6 is 11.6 Å². The van der Waals surface area contributed by atoms with Crippen LogP contribution in [0.1, 0.15) is 10.4 Å². The lowest BCUT2D eigenvalue weighted by Crippen LogP contribution is -2.14. The van der Waals surface area contributed by atoms with Gasteiger partial charge in [0.15, 0.2) is 0 Å². The summed E-state index contributed by atoms with van der Waals surface area (Å²) >= 11 is 5.82. The molecule has 1 amide bonds. The second kappa shape index (κ2) is 5.58. The lowest BCUT2D eigenvalue weighted by atomic mass is 10.2. The molecule has 0 aliphatic heterocycles. The van der Waals surface area contributed by atoms with Crippen molar-refractivity contribution < 1.29 is 13.2 Å². The zero-order valence-electron chi connectivity index (χ0n) is 10.1. The minimum Gasteiger partial charge on any atom is -0.322 e. The Labute approximate surface area is 120 Å². The Morgan fingerprint density at radius 1 is 1.20 bits per heavy atom. The van der Waals surface area contributed by atoms with Crippen LogP contribution in [-0.2, 0) is 10.0 Å². The molecule has 0 saturated heterocycles. The second-order valence-corrected chi connectivity index (χ2v) is 5.82. The normalized spacial score (nSPS) is 11.1. The smallest absolute Gasteiger partial charge is 0.255 e. The van der Waals surface area contributed by atoms with Crippen molar-refractivity contribution in [1.29, 1.82) is 0 Å². The summed E-state index contributed by atoms with van der Waals surface area (Å²) < 4.78 is 22.4. The van der Waals surface area contributed by atoms with Crippen molar-refractivity contribution in [3.63, 3.8) is 0 Å². The number of anilines is 1. The molecule has 0 fully saturated rings. The van der Waals surface area contributed by atoms with E-state index in [0.717, 1.165) is 0 Å². The summed E-state index contributed by atoms with van der Waals surface area (Å²) in [7, 11) is -3.88. The first-order valence-corrected chi connectivity index (χ1v) is 7.34. The van der Waals surface area contributed by atoms with Crippen molar-refractivity contribution in [1.82, 2.24) is 4.98 Å². The minimum atomic E-state index is -3.88. The van der Waals surface area contributed by atoms with E-state index in [-0.39, 0.29) is 15.8 Å². The summed E-state index contributed by atoms with van der Waals surface area (Å²) in [5, 5.41) is 7.53. The lowest BCUT2D eigenvalue weighted by molar-refractivity contribution is 0.102. The van der Waals surface area contributed by atoms with Gasteiger partial charge in [0.25, 0.3) is 5.91 Å². The Hall–Kier alpha value is -1.96. The van der Waals surface area contributed by atoms with Crippen molar-refractivity contribution in [3.8, 4) is 0 Å². The van der Waals surface area contributed by atoms with Crippen LogP contribution in [0.25, 0.3) is 0 Å². The van der Waals surface area contributed by atoms with Gasteiger partial charge in [-0.25, -0.2) is 13.6 Å². The molecule has 2 aromatic rings.